The van der Waals surface area contributed by atoms with Crippen molar-refractivity contribution >= 4 is 34.3 Å². The van der Waals surface area contributed by atoms with E-state index in [0.717, 1.165) is 33.4 Å². The molecule has 6 nitrogen and oxygen atoms in total. The fourth-order valence-electron chi connectivity index (χ4n) is 5.41. The number of H-pyrrole nitrogens is 1. The predicted molar refractivity (Wildman–Crippen MR) is 155 cm³/mol. The third-order valence-corrected chi connectivity index (χ3v) is 7.71. The number of fused-ring (bicyclic) bond motifs is 1. The number of aromatic carboxylic acids is 1. The summed E-state index contributed by atoms with van der Waals surface area (Å²) in [6.45, 7) is 0.399. The first kappa shape index (κ1) is 25.9. The number of nitrogens with zero attached hydrogens (tertiary/aromatic N) is 2. The Morgan fingerprint density at radius 1 is 1.10 bits per heavy atom. The maximum absolute atomic E-state index is 16.8. The van der Waals surface area contributed by atoms with Gasteiger partial charge in [-0.1, -0.05) is 48.0 Å². The number of ether oxygens (including phenoxy) is 1. The summed E-state index contributed by atoms with van der Waals surface area (Å²) in [6.07, 6.45) is 3.45. The van der Waals surface area contributed by atoms with Gasteiger partial charge in [0.15, 0.2) is 6.23 Å². The Kier molecular flexibility index (Phi) is 6.90. The monoisotopic (exact) mass is 555 g/mol. The van der Waals surface area contributed by atoms with Gasteiger partial charge in [-0.2, -0.15) is 0 Å². The molecule has 3 heterocycles. The number of piperidine rings is 1. The van der Waals surface area contributed by atoms with Gasteiger partial charge in [-0.15, -0.1) is 0 Å². The number of nitrogens with one attached hydrogen (secondary N) is 1. The van der Waals surface area contributed by atoms with Gasteiger partial charge in [0.2, 0.25) is 0 Å². The normalized spacial score (nSPS) is 19.1. The third kappa shape index (κ3) is 5.38. The van der Waals surface area contributed by atoms with E-state index in [1.165, 1.54) is 0 Å². The Labute approximate surface area is 236 Å². The van der Waals surface area contributed by atoms with Crippen LogP contribution in [0.25, 0.3) is 22.2 Å². The third-order valence-electron chi connectivity index (χ3n) is 7.46. The van der Waals surface area contributed by atoms with Crippen molar-refractivity contribution in [3.63, 3.8) is 0 Å². The second-order valence-corrected chi connectivity index (χ2v) is 10.6. The molecule has 6 rings (SSSR count). The highest BCUT2D eigenvalue weighted by Crippen LogP contribution is 2.39. The second-order valence-electron chi connectivity index (χ2n) is 10.2. The number of benzene rings is 3. The molecular formula is C32H27ClFN3O3. The molecule has 0 spiro atoms. The Balaban J connectivity index is 1.30. The molecule has 0 amide bonds. The number of halogens is 2. The first-order valence-corrected chi connectivity index (χ1v) is 13.5. The van der Waals surface area contributed by atoms with Crippen molar-refractivity contribution in [3.8, 4) is 16.9 Å². The van der Waals surface area contributed by atoms with Gasteiger partial charge in [-0.25, -0.2) is 14.2 Å². The summed E-state index contributed by atoms with van der Waals surface area (Å²) in [5.74, 6) is -0.457. The van der Waals surface area contributed by atoms with Crippen molar-refractivity contribution in [2.24, 2.45) is 0 Å². The highest BCUT2D eigenvalue weighted by atomic mass is 35.5. The first-order chi connectivity index (χ1) is 19.4. The quantitative estimate of drug-likeness (QED) is 0.217. The molecule has 0 bridgehead atoms. The molecule has 1 fully saturated rings. The lowest BCUT2D eigenvalue weighted by molar-refractivity contribution is 0.0406. The zero-order chi connectivity index (χ0) is 27.7. The van der Waals surface area contributed by atoms with E-state index in [1.807, 2.05) is 71.8 Å². The standard InChI is InChI=1S/C32H27ClFN3O3/c33-25-9-5-21(6-10-25)28-4-2-1-3-24(28)18-32(34)14-16-37(26-11-7-22(8-12-26)31(38)39)29(19-32)40-27-17-23-13-15-35-30(23)36-20-27/h1-13,15,17,20,29H,14,16,18-19H2,(H,35,36)(H,38,39). The smallest absolute Gasteiger partial charge is 0.335 e. The number of hydrogen-bond acceptors (Lipinski definition) is 4. The molecule has 202 valence electrons. The van der Waals surface area contributed by atoms with Crippen molar-refractivity contribution in [1.29, 1.82) is 0 Å². The molecule has 3 aromatic carbocycles. The molecule has 2 atom stereocenters. The number of anilines is 1. The van der Waals surface area contributed by atoms with Crippen LogP contribution in [0.15, 0.2) is 97.3 Å². The molecule has 5 aromatic rings. The second kappa shape index (κ2) is 10.7. The lowest BCUT2D eigenvalue weighted by Crippen LogP contribution is -2.52. The van der Waals surface area contributed by atoms with Crippen LogP contribution in [-0.2, 0) is 6.42 Å². The van der Waals surface area contributed by atoms with E-state index in [0.29, 0.717) is 17.3 Å². The predicted octanol–water partition coefficient (Wildman–Crippen LogP) is 7.54. The van der Waals surface area contributed by atoms with E-state index in [9.17, 15) is 9.90 Å². The number of aromatic nitrogens is 2. The van der Waals surface area contributed by atoms with Gasteiger partial charge in [-0.3, -0.25) is 0 Å². The minimum absolute atomic E-state index is 0.119. The van der Waals surface area contributed by atoms with Gasteiger partial charge < -0.3 is 19.7 Å². The molecule has 1 aliphatic rings. The van der Waals surface area contributed by atoms with E-state index >= 15 is 4.39 Å². The Morgan fingerprint density at radius 2 is 1.88 bits per heavy atom. The SMILES string of the molecule is O=C(O)c1ccc(N2CCC(F)(Cc3ccccc3-c3ccc(Cl)cc3)CC2Oc2cnc3[nH]ccc3c2)cc1. The number of aromatic amines is 1. The van der Waals surface area contributed by atoms with E-state index < -0.39 is 17.9 Å². The average molecular weight is 556 g/mol. The molecule has 2 unspecified atom stereocenters. The first-order valence-electron chi connectivity index (χ1n) is 13.1. The van der Waals surface area contributed by atoms with Crippen LogP contribution in [-0.4, -0.2) is 39.5 Å². The maximum Gasteiger partial charge on any atom is 0.335 e. The molecule has 0 radical (unpaired) electrons. The zero-order valence-electron chi connectivity index (χ0n) is 21.6. The Bertz CT molecular complexity index is 1650. The Morgan fingerprint density at radius 3 is 2.65 bits per heavy atom. The zero-order valence-corrected chi connectivity index (χ0v) is 22.3. The molecule has 1 saturated heterocycles. The maximum atomic E-state index is 16.8. The number of rotatable bonds is 7. The van der Waals surface area contributed by atoms with Crippen LogP contribution in [0, 0.1) is 0 Å². The van der Waals surface area contributed by atoms with Gasteiger partial charge in [0, 0.05) is 41.7 Å². The van der Waals surface area contributed by atoms with Gasteiger partial charge in [-0.05, 0) is 71.6 Å². The van der Waals surface area contributed by atoms with Gasteiger partial charge in [0.1, 0.15) is 17.1 Å². The van der Waals surface area contributed by atoms with Crippen LogP contribution < -0.4 is 9.64 Å². The highest BCUT2D eigenvalue weighted by Gasteiger charge is 2.42. The number of pyridine rings is 1. The summed E-state index contributed by atoms with van der Waals surface area (Å²) in [5.41, 5.74) is 3.06. The van der Waals surface area contributed by atoms with E-state index in [-0.39, 0.29) is 24.8 Å². The number of hydrogen-bond donors (Lipinski definition) is 2. The average Bonchev–Trinajstić information content (AvgIpc) is 3.42. The van der Waals surface area contributed by atoms with Gasteiger partial charge in [0.25, 0.3) is 0 Å². The van der Waals surface area contributed by atoms with Crippen LogP contribution in [0.1, 0.15) is 28.8 Å². The summed E-state index contributed by atoms with van der Waals surface area (Å²) in [6, 6.07) is 25.8. The van der Waals surface area contributed by atoms with Gasteiger partial charge >= 0.3 is 5.97 Å². The van der Waals surface area contributed by atoms with E-state index in [2.05, 4.69) is 9.97 Å². The lowest BCUT2D eigenvalue weighted by Gasteiger charge is -2.43. The van der Waals surface area contributed by atoms with Crippen LogP contribution in [0.2, 0.25) is 5.02 Å². The Hall–Kier alpha value is -4.36. The highest BCUT2D eigenvalue weighted by molar-refractivity contribution is 6.30. The number of alkyl halides is 1. The summed E-state index contributed by atoms with van der Waals surface area (Å²) in [7, 11) is 0. The van der Waals surface area contributed by atoms with Crippen molar-refractivity contribution in [2.75, 3.05) is 11.4 Å². The number of carbonyl (C=O) groups is 1. The lowest BCUT2D eigenvalue weighted by atomic mass is 9.83. The molecule has 0 saturated carbocycles. The van der Waals surface area contributed by atoms with E-state index in [1.54, 1.807) is 30.5 Å². The molecule has 1 aliphatic heterocycles. The topological polar surface area (TPSA) is 78.4 Å². The van der Waals surface area contributed by atoms with Crippen molar-refractivity contribution < 1.29 is 19.0 Å². The summed E-state index contributed by atoms with van der Waals surface area (Å²) < 4.78 is 23.2. The van der Waals surface area contributed by atoms with Crippen LogP contribution >= 0.6 is 11.6 Å². The largest absolute Gasteiger partial charge is 0.478 e. The van der Waals surface area contributed by atoms with Crippen molar-refractivity contribution in [3.05, 3.63) is 113 Å². The number of carboxylic acid groups (broad SMARTS) is 1. The minimum Gasteiger partial charge on any atom is -0.478 e. The van der Waals surface area contributed by atoms with E-state index in [4.69, 9.17) is 16.3 Å². The molecule has 2 aromatic heterocycles. The fraction of sp³-hybridized carbons (Fsp3) is 0.188. The summed E-state index contributed by atoms with van der Waals surface area (Å²) >= 11 is 6.10. The summed E-state index contributed by atoms with van der Waals surface area (Å²) in [5, 5.41) is 10.9. The fourth-order valence-corrected chi connectivity index (χ4v) is 5.54. The van der Waals surface area contributed by atoms with Crippen molar-refractivity contribution in [2.45, 2.75) is 31.2 Å². The molecule has 8 heteroatoms. The molecule has 0 aliphatic carbocycles. The van der Waals surface area contributed by atoms with Crippen molar-refractivity contribution in [1.82, 2.24) is 9.97 Å². The van der Waals surface area contributed by atoms with Gasteiger partial charge in [0.05, 0.1) is 11.8 Å². The minimum atomic E-state index is -1.53. The number of carboxylic acids is 1. The summed E-state index contributed by atoms with van der Waals surface area (Å²) in [4.78, 5) is 20.9. The molecule has 2 N–H and O–H groups in total. The van der Waals surface area contributed by atoms with Crippen LogP contribution in [0.3, 0.4) is 0 Å². The van der Waals surface area contributed by atoms with Crippen LogP contribution in [0.5, 0.6) is 5.75 Å². The molecule has 40 heavy (non-hydrogen) atoms. The van der Waals surface area contributed by atoms with Crippen LogP contribution in [0.4, 0.5) is 10.1 Å². The molecular weight excluding hydrogens is 529 g/mol.